The number of hydrogen-bond donors (Lipinski definition) is 2. The fraction of sp³-hybridized carbons (Fsp3) is 0.333. The van der Waals surface area contributed by atoms with Crippen LogP contribution in [-0.2, 0) is 29.0 Å². The molecule has 3 heterocycles. The first-order valence-electron chi connectivity index (χ1n) is 10.5. The molecule has 3 aromatic rings. The SMILES string of the molecule is O=C(Nc1ccc2c(c1)CN(Cc1cc(=O)c3ccccc3[nH]1)CC2)C1CCCO1. The van der Waals surface area contributed by atoms with E-state index in [1.165, 1.54) is 11.1 Å². The number of nitrogens with zero attached hydrogens (tertiary/aromatic N) is 1. The van der Waals surface area contributed by atoms with Crippen LogP contribution in [0, 0.1) is 0 Å². The number of nitrogens with one attached hydrogen (secondary N) is 2. The normalized spacial score (nSPS) is 19.0. The molecule has 2 aliphatic rings. The zero-order valence-electron chi connectivity index (χ0n) is 16.8. The number of carbonyl (C=O) groups excluding carboxylic acids is 1. The molecule has 1 aromatic heterocycles. The summed E-state index contributed by atoms with van der Waals surface area (Å²) in [7, 11) is 0. The van der Waals surface area contributed by atoms with Crippen molar-refractivity contribution in [3.8, 4) is 0 Å². The summed E-state index contributed by atoms with van der Waals surface area (Å²) in [6.45, 7) is 3.07. The van der Waals surface area contributed by atoms with E-state index < -0.39 is 0 Å². The van der Waals surface area contributed by atoms with Gasteiger partial charge in [-0.25, -0.2) is 0 Å². The predicted octanol–water partition coefficient (Wildman–Crippen LogP) is 3.20. The molecule has 2 aromatic carbocycles. The maximum absolute atomic E-state index is 12.4. The van der Waals surface area contributed by atoms with Crippen LogP contribution in [0.5, 0.6) is 0 Å². The molecule has 0 saturated carbocycles. The van der Waals surface area contributed by atoms with Crippen LogP contribution in [0.15, 0.2) is 53.3 Å². The number of rotatable bonds is 4. The second-order valence-corrected chi connectivity index (χ2v) is 8.14. The first kappa shape index (κ1) is 19.0. The topological polar surface area (TPSA) is 74.4 Å². The predicted molar refractivity (Wildman–Crippen MR) is 116 cm³/mol. The molecular weight excluding hydrogens is 378 g/mol. The highest BCUT2D eigenvalue weighted by Crippen LogP contribution is 2.24. The van der Waals surface area contributed by atoms with Crippen molar-refractivity contribution in [1.82, 2.24) is 9.88 Å². The van der Waals surface area contributed by atoms with Crippen molar-refractivity contribution in [3.05, 3.63) is 75.6 Å². The molecule has 0 bridgehead atoms. The van der Waals surface area contributed by atoms with Crippen LogP contribution in [-0.4, -0.2) is 35.0 Å². The largest absolute Gasteiger partial charge is 0.368 e. The van der Waals surface area contributed by atoms with Crippen molar-refractivity contribution in [2.24, 2.45) is 0 Å². The number of ether oxygens (including phenoxy) is 1. The Labute approximate surface area is 174 Å². The molecule has 1 atom stereocenters. The highest BCUT2D eigenvalue weighted by atomic mass is 16.5. The Morgan fingerprint density at radius 2 is 2.07 bits per heavy atom. The lowest BCUT2D eigenvalue weighted by atomic mass is 9.98. The summed E-state index contributed by atoms with van der Waals surface area (Å²) in [5, 5.41) is 3.72. The summed E-state index contributed by atoms with van der Waals surface area (Å²) < 4.78 is 5.47. The number of carbonyl (C=O) groups is 1. The quantitative estimate of drug-likeness (QED) is 0.702. The Kier molecular flexibility index (Phi) is 5.11. The lowest BCUT2D eigenvalue weighted by Gasteiger charge is -2.29. The van der Waals surface area contributed by atoms with Gasteiger partial charge in [0.25, 0.3) is 5.91 Å². The Morgan fingerprint density at radius 1 is 1.17 bits per heavy atom. The molecule has 0 spiro atoms. The van der Waals surface area contributed by atoms with Crippen molar-refractivity contribution in [3.63, 3.8) is 0 Å². The summed E-state index contributed by atoms with van der Waals surface area (Å²) in [6, 6.07) is 15.5. The van der Waals surface area contributed by atoms with E-state index in [0.717, 1.165) is 54.6 Å². The van der Waals surface area contributed by atoms with E-state index in [1.54, 1.807) is 6.07 Å². The molecule has 5 rings (SSSR count). The van der Waals surface area contributed by atoms with Gasteiger partial charge < -0.3 is 15.0 Å². The van der Waals surface area contributed by atoms with Gasteiger partial charge in [0.1, 0.15) is 6.10 Å². The van der Waals surface area contributed by atoms with Gasteiger partial charge in [-0.05, 0) is 54.7 Å². The molecule has 1 saturated heterocycles. The van der Waals surface area contributed by atoms with Crippen molar-refractivity contribution >= 4 is 22.5 Å². The van der Waals surface area contributed by atoms with E-state index in [4.69, 9.17) is 4.74 Å². The maximum atomic E-state index is 12.4. The summed E-state index contributed by atoms with van der Waals surface area (Å²) in [5.74, 6) is -0.0612. The highest BCUT2D eigenvalue weighted by Gasteiger charge is 2.24. The summed E-state index contributed by atoms with van der Waals surface area (Å²) >= 11 is 0. The van der Waals surface area contributed by atoms with Crippen LogP contribution >= 0.6 is 0 Å². The molecule has 30 heavy (non-hydrogen) atoms. The molecular formula is C24H25N3O3. The lowest BCUT2D eigenvalue weighted by molar-refractivity contribution is -0.124. The number of pyridine rings is 1. The third kappa shape index (κ3) is 3.88. The number of hydrogen-bond acceptors (Lipinski definition) is 4. The summed E-state index contributed by atoms with van der Waals surface area (Å²) in [5.41, 5.74) is 5.19. The Morgan fingerprint density at radius 3 is 2.93 bits per heavy atom. The van der Waals surface area contributed by atoms with Gasteiger partial charge in [-0.1, -0.05) is 18.2 Å². The minimum Gasteiger partial charge on any atom is -0.368 e. The van der Waals surface area contributed by atoms with E-state index in [9.17, 15) is 9.59 Å². The second-order valence-electron chi connectivity index (χ2n) is 8.14. The van der Waals surface area contributed by atoms with E-state index in [2.05, 4.69) is 27.3 Å². The lowest BCUT2D eigenvalue weighted by Crippen LogP contribution is -2.31. The third-order valence-corrected chi connectivity index (χ3v) is 5.97. The molecule has 2 aliphatic heterocycles. The molecule has 154 valence electrons. The minimum absolute atomic E-state index is 0.0517. The van der Waals surface area contributed by atoms with Gasteiger partial charge in [0.15, 0.2) is 5.43 Å². The van der Waals surface area contributed by atoms with Gasteiger partial charge in [0.2, 0.25) is 0 Å². The van der Waals surface area contributed by atoms with E-state index >= 15 is 0 Å². The minimum atomic E-state index is -0.331. The average molecular weight is 403 g/mol. The molecule has 6 heteroatoms. The van der Waals surface area contributed by atoms with Crippen LogP contribution in [0.2, 0.25) is 0 Å². The van der Waals surface area contributed by atoms with Gasteiger partial charge in [-0.3, -0.25) is 14.5 Å². The van der Waals surface area contributed by atoms with Crippen molar-refractivity contribution in [2.45, 2.75) is 38.5 Å². The van der Waals surface area contributed by atoms with Crippen molar-refractivity contribution in [1.29, 1.82) is 0 Å². The van der Waals surface area contributed by atoms with E-state index in [1.807, 2.05) is 30.3 Å². The molecule has 1 unspecified atom stereocenters. The number of anilines is 1. The molecule has 2 N–H and O–H groups in total. The van der Waals surface area contributed by atoms with Crippen LogP contribution in [0.1, 0.15) is 29.7 Å². The zero-order chi connectivity index (χ0) is 20.5. The zero-order valence-corrected chi connectivity index (χ0v) is 16.8. The molecule has 0 radical (unpaired) electrons. The standard InChI is InChI=1S/C24H25N3O3/c28-22-13-19(25-21-5-2-1-4-20(21)22)15-27-10-9-16-7-8-18(12-17(16)14-27)26-24(29)23-6-3-11-30-23/h1-2,4-5,7-8,12-13,23H,3,6,9-11,14-15H2,(H,25,28)(H,26,29). The van der Waals surface area contributed by atoms with Gasteiger partial charge >= 0.3 is 0 Å². The monoisotopic (exact) mass is 403 g/mol. The number of para-hydroxylation sites is 1. The maximum Gasteiger partial charge on any atom is 0.253 e. The third-order valence-electron chi connectivity index (χ3n) is 5.97. The first-order chi connectivity index (χ1) is 14.7. The fourth-order valence-electron chi connectivity index (χ4n) is 4.41. The van der Waals surface area contributed by atoms with Crippen LogP contribution in [0.4, 0.5) is 5.69 Å². The summed E-state index contributed by atoms with van der Waals surface area (Å²) in [4.78, 5) is 30.5. The van der Waals surface area contributed by atoms with Gasteiger partial charge in [0, 0.05) is 54.6 Å². The van der Waals surface area contributed by atoms with E-state index in [-0.39, 0.29) is 17.4 Å². The first-order valence-corrected chi connectivity index (χ1v) is 10.5. The Bertz CT molecular complexity index is 1150. The van der Waals surface area contributed by atoms with Crippen LogP contribution in [0.25, 0.3) is 10.9 Å². The number of aromatic amines is 1. The Hall–Kier alpha value is -2.96. The number of H-pyrrole nitrogens is 1. The number of amides is 1. The molecule has 1 fully saturated rings. The molecule has 1 amide bonds. The number of benzene rings is 2. The van der Waals surface area contributed by atoms with Crippen molar-refractivity contribution in [2.75, 3.05) is 18.5 Å². The van der Waals surface area contributed by atoms with Gasteiger partial charge in [-0.15, -0.1) is 0 Å². The van der Waals surface area contributed by atoms with Gasteiger partial charge in [0.05, 0.1) is 0 Å². The number of aromatic nitrogens is 1. The number of fused-ring (bicyclic) bond motifs is 2. The molecule has 6 nitrogen and oxygen atoms in total. The second kappa shape index (κ2) is 8.05. The average Bonchev–Trinajstić information content (AvgIpc) is 3.29. The highest BCUT2D eigenvalue weighted by molar-refractivity contribution is 5.94. The smallest absolute Gasteiger partial charge is 0.253 e. The Balaban J connectivity index is 1.30. The van der Waals surface area contributed by atoms with Crippen LogP contribution < -0.4 is 10.7 Å². The van der Waals surface area contributed by atoms with Crippen molar-refractivity contribution < 1.29 is 9.53 Å². The summed E-state index contributed by atoms with van der Waals surface area (Å²) in [6.07, 6.45) is 2.35. The molecule has 0 aliphatic carbocycles. The van der Waals surface area contributed by atoms with Crippen LogP contribution in [0.3, 0.4) is 0 Å². The van der Waals surface area contributed by atoms with Gasteiger partial charge in [-0.2, -0.15) is 0 Å². The fourth-order valence-corrected chi connectivity index (χ4v) is 4.41. The van der Waals surface area contributed by atoms with E-state index in [0.29, 0.717) is 13.2 Å².